The molecule has 0 radical (unpaired) electrons. The Morgan fingerprint density at radius 2 is 1.46 bits per heavy atom. The van der Waals surface area contributed by atoms with Gasteiger partial charge in [-0.2, -0.15) is 10.2 Å². The second-order valence-corrected chi connectivity index (χ2v) is 9.54. The molecule has 0 saturated carbocycles. The maximum absolute atomic E-state index is 10.7. The fraction of sp³-hybridized carbons (Fsp3) is 0.0645. The van der Waals surface area contributed by atoms with Crippen molar-refractivity contribution in [2.24, 2.45) is 0 Å². The van der Waals surface area contributed by atoms with Gasteiger partial charge in [0.2, 0.25) is 5.95 Å². The van der Waals surface area contributed by atoms with E-state index in [-0.39, 0.29) is 6.54 Å². The molecule has 4 aromatic carbocycles. The maximum atomic E-state index is 10.7. The quantitative estimate of drug-likeness (QED) is 0.181. The molecule has 1 aromatic heterocycles. The van der Waals surface area contributed by atoms with Gasteiger partial charge in [-0.3, -0.25) is 0 Å². The molecule has 0 bridgehead atoms. The van der Waals surface area contributed by atoms with Crippen molar-refractivity contribution in [3.8, 4) is 28.5 Å². The van der Waals surface area contributed by atoms with E-state index in [0.29, 0.717) is 38.6 Å². The van der Waals surface area contributed by atoms with E-state index >= 15 is 0 Å². The zero-order chi connectivity index (χ0) is 27.2. The average molecular weight is 552 g/mol. The number of nitriles is 1. The van der Waals surface area contributed by atoms with Gasteiger partial charge in [-0.05, 0) is 47.5 Å². The molecule has 0 saturated heterocycles. The van der Waals surface area contributed by atoms with E-state index in [2.05, 4.69) is 21.7 Å². The van der Waals surface area contributed by atoms with Crippen LogP contribution in [-0.2, 0) is 0 Å². The molecule has 0 fully saturated rings. The molecule has 0 aliphatic rings. The maximum Gasteiger partial charge on any atom is 0.229 e. The highest BCUT2D eigenvalue weighted by Crippen LogP contribution is 2.40. The standard InChI is InChI=1S/C31H23Cl2N5O/c32-25-11-6-12-26(33)30(25)24-10-5-4-9-23(24)27-17-29(35-19-28(39)21-7-2-1-3-8-21)38-31(37-27)36-22-15-13-20(18-34)14-16-22/h1-17,28,39H,19H2,(H2,35,36,37,38). The zero-order valence-electron chi connectivity index (χ0n) is 20.6. The Bertz CT molecular complexity index is 1620. The third kappa shape index (κ3) is 6.19. The lowest BCUT2D eigenvalue weighted by Gasteiger charge is -2.16. The fourth-order valence-electron chi connectivity index (χ4n) is 4.16. The lowest BCUT2D eigenvalue weighted by atomic mass is 9.97. The van der Waals surface area contributed by atoms with Gasteiger partial charge >= 0.3 is 0 Å². The predicted molar refractivity (Wildman–Crippen MR) is 157 cm³/mol. The summed E-state index contributed by atoms with van der Waals surface area (Å²) in [6.45, 7) is 0.245. The smallest absolute Gasteiger partial charge is 0.229 e. The summed E-state index contributed by atoms with van der Waals surface area (Å²) in [5.74, 6) is 0.861. The Kier molecular flexibility index (Phi) is 8.04. The number of aliphatic hydroxyl groups excluding tert-OH is 1. The van der Waals surface area contributed by atoms with Gasteiger partial charge in [-0.25, -0.2) is 4.98 Å². The number of halogens is 2. The van der Waals surface area contributed by atoms with Crippen LogP contribution in [0.3, 0.4) is 0 Å². The van der Waals surface area contributed by atoms with Crippen LogP contribution in [0, 0.1) is 11.3 Å². The van der Waals surface area contributed by atoms with E-state index < -0.39 is 6.10 Å². The van der Waals surface area contributed by atoms with Gasteiger partial charge in [-0.15, -0.1) is 0 Å². The van der Waals surface area contributed by atoms with Gasteiger partial charge in [0, 0.05) is 39.5 Å². The third-order valence-electron chi connectivity index (χ3n) is 6.09. The van der Waals surface area contributed by atoms with Crippen molar-refractivity contribution in [1.29, 1.82) is 5.26 Å². The Morgan fingerprint density at radius 1 is 0.795 bits per heavy atom. The average Bonchev–Trinajstić information content (AvgIpc) is 2.97. The van der Waals surface area contributed by atoms with Gasteiger partial charge in [0.05, 0.1) is 23.4 Å². The molecule has 1 heterocycles. The molecular formula is C31H23Cl2N5O. The molecule has 1 atom stereocenters. The highest BCUT2D eigenvalue weighted by atomic mass is 35.5. The van der Waals surface area contributed by atoms with E-state index in [9.17, 15) is 5.11 Å². The molecule has 8 heteroatoms. The number of anilines is 3. The first-order valence-electron chi connectivity index (χ1n) is 12.2. The topological polar surface area (TPSA) is 93.9 Å². The molecule has 5 rings (SSSR count). The van der Waals surface area contributed by atoms with Gasteiger partial charge in [0.15, 0.2) is 0 Å². The minimum absolute atomic E-state index is 0.245. The van der Waals surface area contributed by atoms with Gasteiger partial charge in [0.25, 0.3) is 0 Å². The van der Waals surface area contributed by atoms with Crippen molar-refractivity contribution >= 4 is 40.7 Å². The number of aliphatic hydroxyl groups is 1. The Labute approximate surface area is 236 Å². The van der Waals surface area contributed by atoms with Crippen LogP contribution < -0.4 is 10.6 Å². The summed E-state index contributed by atoms with van der Waals surface area (Å²) in [6, 6.07) is 33.5. The Hall–Kier alpha value is -4.41. The normalized spacial score (nSPS) is 11.4. The molecule has 6 nitrogen and oxygen atoms in total. The van der Waals surface area contributed by atoms with E-state index in [1.54, 1.807) is 42.5 Å². The second-order valence-electron chi connectivity index (χ2n) is 8.73. The molecule has 0 aliphatic heterocycles. The van der Waals surface area contributed by atoms with Crippen molar-refractivity contribution in [2.45, 2.75) is 6.10 Å². The minimum atomic E-state index is -0.728. The summed E-state index contributed by atoms with van der Waals surface area (Å²) in [4.78, 5) is 9.43. The van der Waals surface area contributed by atoms with Crippen molar-refractivity contribution in [1.82, 2.24) is 9.97 Å². The number of nitrogens with one attached hydrogen (secondary N) is 2. The van der Waals surface area contributed by atoms with Crippen LogP contribution in [0.25, 0.3) is 22.4 Å². The molecule has 0 aliphatic carbocycles. The monoisotopic (exact) mass is 551 g/mol. The first-order valence-corrected chi connectivity index (χ1v) is 12.9. The minimum Gasteiger partial charge on any atom is -0.387 e. The number of hydrogen-bond donors (Lipinski definition) is 3. The Balaban J connectivity index is 1.54. The molecule has 39 heavy (non-hydrogen) atoms. The summed E-state index contributed by atoms with van der Waals surface area (Å²) in [5.41, 5.74) is 5.06. The van der Waals surface area contributed by atoms with Crippen molar-refractivity contribution in [3.05, 3.63) is 124 Å². The van der Waals surface area contributed by atoms with Gasteiger partial charge in [0.1, 0.15) is 5.82 Å². The summed E-state index contributed by atoms with van der Waals surface area (Å²) in [5, 5.41) is 27.3. The summed E-state index contributed by atoms with van der Waals surface area (Å²) in [7, 11) is 0. The first kappa shape index (κ1) is 26.2. The number of aromatic nitrogens is 2. The van der Waals surface area contributed by atoms with E-state index in [0.717, 1.165) is 22.4 Å². The molecular weight excluding hydrogens is 529 g/mol. The highest BCUT2D eigenvalue weighted by molar-refractivity contribution is 6.39. The molecule has 5 aromatic rings. The summed E-state index contributed by atoms with van der Waals surface area (Å²) >= 11 is 13.1. The number of hydrogen-bond acceptors (Lipinski definition) is 6. The lowest BCUT2D eigenvalue weighted by Crippen LogP contribution is -2.14. The van der Waals surface area contributed by atoms with Crippen molar-refractivity contribution in [3.63, 3.8) is 0 Å². The molecule has 0 amide bonds. The summed E-state index contributed by atoms with van der Waals surface area (Å²) in [6.07, 6.45) is -0.728. The Morgan fingerprint density at radius 3 is 2.15 bits per heavy atom. The van der Waals surface area contributed by atoms with Crippen LogP contribution in [0.4, 0.5) is 17.5 Å². The largest absolute Gasteiger partial charge is 0.387 e. The summed E-state index contributed by atoms with van der Waals surface area (Å²) < 4.78 is 0. The number of nitrogens with zero attached hydrogens (tertiary/aromatic N) is 3. The van der Waals surface area contributed by atoms with Crippen LogP contribution in [0.1, 0.15) is 17.2 Å². The van der Waals surface area contributed by atoms with Crippen LogP contribution in [-0.4, -0.2) is 21.6 Å². The number of rotatable bonds is 8. The second kappa shape index (κ2) is 12.0. The van der Waals surface area contributed by atoms with Crippen LogP contribution in [0.15, 0.2) is 103 Å². The van der Waals surface area contributed by atoms with Crippen LogP contribution >= 0.6 is 23.2 Å². The molecule has 192 valence electrons. The predicted octanol–water partition coefficient (Wildman–Crippen LogP) is 7.88. The van der Waals surface area contributed by atoms with E-state index in [1.165, 1.54) is 0 Å². The van der Waals surface area contributed by atoms with E-state index in [1.807, 2.05) is 60.7 Å². The highest BCUT2D eigenvalue weighted by Gasteiger charge is 2.17. The van der Waals surface area contributed by atoms with Gasteiger partial charge < -0.3 is 15.7 Å². The molecule has 0 spiro atoms. The first-order chi connectivity index (χ1) is 19.0. The lowest BCUT2D eigenvalue weighted by molar-refractivity contribution is 0.191. The van der Waals surface area contributed by atoms with Gasteiger partial charge in [-0.1, -0.05) is 83.9 Å². The van der Waals surface area contributed by atoms with Crippen LogP contribution in [0.2, 0.25) is 10.0 Å². The van der Waals surface area contributed by atoms with E-state index in [4.69, 9.17) is 33.4 Å². The zero-order valence-corrected chi connectivity index (χ0v) is 22.2. The molecule has 1 unspecified atom stereocenters. The van der Waals surface area contributed by atoms with Crippen molar-refractivity contribution in [2.75, 3.05) is 17.2 Å². The van der Waals surface area contributed by atoms with Crippen LogP contribution in [0.5, 0.6) is 0 Å². The molecule has 3 N–H and O–H groups in total. The van der Waals surface area contributed by atoms with Crippen molar-refractivity contribution < 1.29 is 5.11 Å². The number of benzene rings is 4. The third-order valence-corrected chi connectivity index (χ3v) is 6.72. The fourth-order valence-corrected chi connectivity index (χ4v) is 4.76. The SMILES string of the molecule is N#Cc1ccc(Nc2nc(NCC(O)c3ccccc3)cc(-c3ccccc3-c3c(Cl)cccc3Cl)n2)cc1.